The average Bonchev–Trinajstić information content (AvgIpc) is 3.14. The van der Waals surface area contributed by atoms with E-state index in [0.717, 1.165) is 16.7 Å². The van der Waals surface area contributed by atoms with E-state index in [4.69, 9.17) is 27.9 Å². The Hall–Kier alpha value is -2.76. The first-order chi connectivity index (χ1) is 13.4. The third-order valence-electron chi connectivity index (χ3n) is 4.73. The molecule has 28 heavy (non-hydrogen) atoms. The summed E-state index contributed by atoms with van der Waals surface area (Å²) < 4.78 is 9.12. The summed E-state index contributed by atoms with van der Waals surface area (Å²) in [5.41, 5.74) is 4.57. The van der Waals surface area contributed by atoms with Crippen LogP contribution in [0.2, 0.25) is 10.0 Å². The quantitative estimate of drug-likeness (QED) is 0.334. The number of rotatable bonds is 4. The molecule has 0 bridgehead atoms. The van der Waals surface area contributed by atoms with Gasteiger partial charge in [0.1, 0.15) is 11.4 Å². The predicted octanol–water partition coefficient (Wildman–Crippen LogP) is 5.35. The Morgan fingerprint density at radius 1 is 1.18 bits per heavy atom. The average molecular weight is 414 g/mol. The molecule has 0 N–H and O–H groups in total. The number of methoxy groups -OCH3 is 1. The number of halogens is 2. The maximum absolute atomic E-state index is 13.1. The number of aromatic nitrogens is 3. The van der Waals surface area contributed by atoms with E-state index in [1.54, 1.807) is 18.2 Å². The van der Waals surface area contributed by atoms with Crippen molar-refractivity contribution in [2.24, 2.45) is 7.05 Å². The molecule has 0 fully saturated rings. The van der Waals surface area contributed by atoms with Gasteiger partial charge in [-0.3, -0.25) is 4.79 Å². The highest BCUT2D eigenvalue weighted by Gasteiger charge is 2.21. The molecule has 0 saturated carbocycles. The molecule has 0 spiro atoms. The Bertz CT molecular complexity index is 1270. The molecule has 2 heterocycles. The van der Waals surface area contributed by atoms with Gasteiger partial charge in [-0.25, -0.2) is 4.52 Å². The fourth-order valence-electron chi connectivity index (χ4n) is 3.49. The first kappa shape index (κ1) is 18.6. The van der Waals surface area contributed by atoms with E-state index < -0.39 is 0 Å². The van der Waals surface area contributed by atoms with Crippen molar-refractivity contribution in [3.63, 3.8) is 0 Å². The summed E-state index contributed by atoms with van der Waals surface area (Å²) in [6.07, 6.45) is 3.15. The Morgan fingerprint density at radius 2 is 1.89 bits per heavy atom. The molecule has 2 aromatic heterocycles. The summed E-state index contributed by atoms with van der Waals surface area (Å²) in [7, 11) is 3.45. The highest BCUT2D eigenvalue weighted by molar-refractivity contribution is 6.36. The van der Waals surface area contributed by atoms with E-state index in [9.17, 15) is 4.79 Å². The van der Waals surface area contributed by atoms with Gasteiger partial charge < -0.3 is 9.30 Å². The van der Waals surface area contributed by atoms with Gasteiger partial charge in [-0.1, -0.05) is 35.3 Å². The number of imidazole rings is 1. The highest BCUT2D eigenvalue weighted by Crippen LogP contribution is 2.33. The fraction of sp³-hybridized carbons (Fsp3) is 0.143. The lowest BCUT2D eigenvalue weighted by atomic mass is 10.1. The van der Waals surface area contributed by atoms with Gasteiger partial charge in [0.25, 0.3) is 0 Å². The van der Waals surface area contributed by atoms with E-state index in [-0.39, 0.29) is 5.78 Å². The van der Waals surface area contributed by atoms with Crippen molar-refractivity contribution in [2.75, 3.05) is 7.11 Å². The standard InChI is InChI=1S/C21H17Cl2N3O2/c1-12-19(21-25(2)16-6-4-5-7-17(16)26(21)24-12)18(27)9-8-13-10-14(22)11-15(23)20(13)28-3/h4-11H,1-3H3/b9-8+. The van der Waals surface area contributed by atoms with Crippen LogP contribution in [-0.2, 0) is 7.05 Å². The predicted molar refractivity (Wildman–Crippen MR) is 113 cm³/mol. The van der Waals surface area contributed by atoms with E-state index in [2.05, 4.69) is 5.10 Å². The first-order valence-electron chi connectivity index (χ1n) is 8.60. The molecule has 0 aliphatic carbocycles. The zero-order chi connectivity index (χ0) is 20.0. The molecule has 4 rings (SSSR count). The van der Waals surface area contributed by atoms with E-state index in [1.165, 1.54) is 13.2 Å². The second-order valence-electron chi connectivity index (χ2n) is 6.45. The lowest BCUT2D eigenvalue weighted by Gasteiger charge is -2.07. The van der Waals surface area contributed by atoms with Crippen LogP contribution < -0.4 is 4.74 Å². The van der Waals surface area contributed by atoms with Crippen LogP contribution in [-0.4, -0.2) is 27.1 Å². The smallest absolute Gasteiger partial charge is 0.191 e. The minimum atomic E-state index is -0.156. The summed E-state index contributed by atoms with van der Waals surface area (Å²) in [4.78, 5) is 13.1. The van der Waals surface area contributed by atoms with Gasteiger partial charge >= 0.3 is 0 Å². The van der Waals surface area contributed by atoms with Gasteiger partial charge in [-0.15, -0.1) is 0 Å². The first-order valence-corrected chi connectivity index (χ1v) is 9.36. The third kappa shape index (κ3) is 2.87. The van der Waals surface area contributed by atoms with Gasteiger partial charge in [0, 0.05) is 17.6 Å². The Labute approximate surface area is 171 Å². The Morgan fingerprint density at radius 3 is 2.61 bits per heavy atom. The third-order valence-corrected chi connectivity index (χ3v) is 5.23. The number of ether oxygens (including phenoxy) is 1. The zero-order valence-electron chi connectivity index (χ0n) is 15.5. The van der Waals surface area contributed by atoms with Crippen molar-refractivity contribution >= 4 is 51.7 Å². The zero-order valence-corrected chi connectivity index (χ0v) is 17.0. The molecule has 0 aliphatic rings. The Balaban J connectivity index is 1.82. The summed E-state index contributed by atoms with van der Waals surface area (Å²) in [6, 6.07) is 11.2. The number of carbonyl (C=O) groups is 1. The molecule has 0 unspecified atom stereocenters. The highest BCUT2D eigenvalue weighted by atomic mass is 35.5. The van der Waals surface area contributed by atoms with Gasteiger partial charge in [0.05, 0.1) is 34.4 Å². The van der Waals surface area contributed by atoms with Crippen molar-refractivity contribution in [1.29, 1.82) is 0 Å². The normalized spacial score (nSPS) is 11.8. The number of benzene rings is 2. The molecule has 0 radical (unpaired) electrons. The molecule has 5 nitrogen and oxygen atoms in total. The molecule has 2 aromatic carbocycles. The molecule has 142 valence electrons. The van der Waals surface area contributed by atoms with Crippen molar-refractivity contribution in [2.45, 2.75) is 6.92 Å². The molecular weight excluding hydrogens is 397 g/mol. The number of nitrogens with zero attached hydrogens (tertiary/aromatic N) is 3. The maximum Gasteiger partial charge on any atom is 0.191 e. The molecule has 0 amide bonds. The number of para-hydroxylation sites is 2. The van der Waals surface area contributed by atoms with Crippen LogP contribution >= 0.6 is 23.2 Å². The monoisotopic (exact) mass is 413 g/mol. The van der Waals surface area contributed by atoms with Crippen LogP contribution in [0.5, 0.6) is 5.75 Å². The minimum Gasteiger partial charge on any atom is -0.495 e. The number of carbonyl (C=O) groups excluding carboxylic acids is 1. The van der Waals surface area contributed by atoms with Crippen LogP contribution in [0.1, 0.15) is 21.6 Å². The number of ketones is 1. The Kier molecular flexibility index (Phi) is 4.65. The summed E-state index contributed by atoms with van der Waals surface area (Å²) in [6.45, 7) is 1.83. The summed E-state index contributed by atoms with van der Waals surface area (Å²) in [5, 5.41) is 5.43. The minimum absolute atomic E-state index is 0.156. The maximum atomic E-state index is 13.1. The van der Waals surface area contributed by atoms with E-state index >= 15 is 0 Å². The SMILES string of the molecule is COc1c(Cl)cc(Cl)cc1/C=C/C(=O)c1c(C)nn2c3ccccc3n(C)c12. The van der Waals surface area contributed by atoms with Crippen LogP contribution in [0, 0.1) is 6.92 Å². The van der Waals surface area contributed by atoms with E-state index in [0.29, 0.717) is 32.6 Å². The van der Waals surface area contributed by atoms with Crippen LogP contribution in [0.3, 0.4) is 0 Å². The fourth-order valence-corrected chi connectivity index (χ4v) is 4.08. The molecular formula is C21H17Cl2N3O2. The summed E-state index contributed by atoms with van der Waals surface area (Å²) >= 11 is 12.3. The molecule has 7 heteroatoms. The topological polar surface area (TPSA) is 48.5 Å². The second-order valence-corrected chi connectivity index (χ2v) is 7.29. The number of hydrogen-bond acceptors (Lipinski definition) is 3. The second kappa shape index (κ2) is 7.00. The van der Waals surface area contributed by atoms with Crippen molar-refractivity contribution in [3.05, 3.63) is 69.3 Å². The van der Waals surface area contributed by atoms with Gasteiger partial charge in [0.15, 0.2) is 5.78 Å². The van der Waals surface area contributed by atoms with E-state index in [1.807, 2.05) is 47.3 Å². The molecule has 0 atom stereocenters. The summed E-state index contributed by atoms with van der Waals surface area (Å²) in [5.74, 6) is 0.313. The molecule has 0 aliphatic heterocycles. The van der Waals surface area contributed by atoms with Gasteiger partial charge in [0.2, 0.25) is 0 Å². The number of fused-ring (bicyclic) bond motifs is 3. The van der Waals surface area contributed by atoms with Gasteiger partial charge in [-0.05, 0) is 43.3 Å². The molecule has 4 aromatic rings. The number of allylic oxidation sites excluding steroid dienone is 1. The van der Waals surface area contributed by atoms with Crippen LogP contribution in [0.25, 0.3) is 22.8 Å². The molecule has 0 saturated heterocycles. The van der Waals surface area contributed by atoms with Crippen LogP contribution in [0.15, 0.2) is 42.5 Å². The van der Waals surface area contributed by atoms with Crippen molar-refractivity contribution < 1.29 is 9.53 Å². The van der Waals surface area contributed by atoms with Crippen molar-refractivity contribution in [3.8, 4) is 5.75 Å². The number of aryl methyl sites for hydroxylation is 2. The van der Waals surface area contributed by atoms with Crippen molar-refractivity contribution in [1.82, 2.24) is 14.2 Å². The lowest BCUT2D eigenvalue weighted by Crippen LogP contribution is -2.00. The van der Waals surface area contributed by atoms with Gasteiger partial charge in [-0.2, -0.15) is 5.10 Å². The van der Waals surface area contributed by atoms with Crippen LogP contribution in [0.4, 0.5) is 0 Å². The number of hydrogen-bond donors (Lipinski definition) is 0. The lowest BCUT2D eigenvalue weighted by molar-refractivity contribution is 0.104. The largest absolute Gasteiger partial charge is 0.495 e.